The number of fused-ring (bicyclic) bond motifs is 1. The highest BCUT2D eigenvalue weighted by molar-refractivity contribution is 8.00. The molecule has 0 aliphatic carbocycles. The number of pyridine rings is 1. The zero-order valence-corrected chi connectivity index (χ0v) is 21.3. The van der Waals surface area contributed by atoms with Crippen molar-refractivity contribution in [2.24, 2.45) is 5.16 Å². The second-order valence-corrected chi connectivity index (χ2v) is 9.72. The summed E-state index contributed by atoms with van der Waals surface area (Å²) in [6, 6.07) is 2.61. The Kier molecular flexibility index (Phi) is 8.20. The molecule has 196 valence electrons. The number of thioether (sulfide) groups is 1. The van der Waals surface area contributed by atoms with Gasteiger partial charge in [-0.15, -0.1) is 11.8 Å². The summed E-state index contributed by atoms with van der Waals surface area (Å²) in [5.74, 6) is -2.56. The van der Waals surface area contributed by atoms with Gasteiger partial charge in [0.05, 0.1) is 24.0 Å². The summed E-state index contributed by atoms with van der Waals surface area (Å²) in [5.41, 5.74) is 6.39. The number of aliphatic carboxylic acids is 1. The Morgan fingerprint density at radius 1 is 1.46 bits per heavy atom. The molecule has 2 aliphatic rings. The number of amides is 2. The summed E-state index contributed by atoms with van der Waals surface area (Å²) in [6.07, 6.45) is 3.53. The monoisotopic (exact) mass is 548 g/mol. The first-order valence-electron chi connectivity index (χ1n) is 11.2. The van der Waals surface area contributed by atoms with Gasteiger partial charge < -0.3 is 36.2 Å². The molecule has 0 spiro atoms. The standard InChI is InChI=1S/C21H24N8O6S2/c1-2-35-26-13(16-25-21(22)37-27-16)17(31)24-14-18(32)29-15(20(33)34)11(10-36-19(14)29)8-28-6-3-4-12(9-28)23-5-7-30/h3-4,6,9,14,19,23,30H,2,5,7-8,10H2,1H3,(H3-,22,24,25,27,31,33,34)/t14?,19-/m0/s1. The van der Waals surface area contributed by atoms with Crippen LogP contribution in [-0.2, 0) is 25.8 Å². The number of carboxylic acids is 1. The zero-order chi connectivity index (χ0) is 26.5. The molecule has 4 heterocycles. The lowest BCUT2D eigenvalue weighted by atomic mass is 10.0. The van der Waals surface area contributed by atoms with Crippen molar-refractivity contribution in [1.82, 2.24) is 19.6 Å². The van der Waals surface area contributed by atoms with Crippen molar-refractivity contribution in [3.05, 3.63) is 41.6 Å². The Labute approximate surface area is 219 Å². The van der Waals surface area contributed by atoms with Gasteiger partial charge in [0.1, 0.15) is 18.0 Å². The van der Waals surface area contributed by atoms with Gasteiger partial charge in [-0.3, -0.25) is 14.5 Å². The number of hydrogen-bond acceptors (Lipinski definition) is 13. The average molecular weight is 549 g/mol. The fourth-order valence-corrected chi connectivity index (χ4v) is 5.56. The second-order valence-electron chi connectivity index (χ2n) is 7.83. The van der Waals surface area contributed by atoms with Crippen molar-refractivity contribution in [3.63, 3.8) is 0 Å². The van der Waals surface area contributed by atoms with Crippen LogP contribution in [0.3, 0.4) is 0 Å². The van der Waals surface area contributed by atoms with E-state index in [0.29, 0.717) is 17.9 Å². The molecule has 2 aromatic heterocycles. The first-order chi connectivity index (χ1) is 17.8. The third-order valence-corrected chi connectivity index (χ3v) is 7.24. The fraction of sp³-hybridized carbons (Fsp3) is 0.381. The minimum Gasteiger partial charge on any atom is -0.543 e. The molecule has 0 bridgehead atoms. The van der Waals surface area contributed by atoms with Gasteiger partial charge in [-0.2, -0.15) is 13.9 Å². The molecule has 1 fully saturated rings. The van der Waals surface area contributed by atoms with Crippen molar-refractivity contribution < 1.29 is 34.0 Å². The van der Waals surface area contributed by atoms with Crippen LogP contribution in [-0.4, -0.2) is 79.8 Å². The molecule has 5 N–H and O–H groups in total. The van der Waals surface area contributed by atoms with E-state index in [0.717, 1.165) is 22.1 Å². The van der Waals surface area contributed by atoms with E-state index in [2.05, 4.69) is 25.1 Å². The molecule has 2 atom stereocenters. The highest BCUT2D eigenvalue weighted by Crippen LogP contribution is 2.40. The van der Waals surface area contributed by atoms with E-state index in [9.17, 15) is 19.5 Å². The number of nitrogens with one attached hydrogen (secondary N) is 2. The summed E-state index contributed by atoms with van der Waals surface area (Å²) in [4.78, 5) is 48.1. The van der Waals surface area contributed by atoms with Gasteiger partial charge in [-0.1, -0.05) is 5.16 Å². The first kappa shape index (κ1) is 26.3. The van der Waals surface area contributed by atoms with Gasteiger partial charge >= 0.3 is 0 Å². The van der Waals surface area contributed by atoms with Crippen molar-refractivity contribution in [3.8, 4) is 0 Å². The number of hydrogen-bond donors (Lipinski definition) is 4. The van der Waals surface area contributed by atoms with Gasteiger partial charge in [0.15, 0.2) is 24.1 Å². The third kappa shape index (κ3) is 5.65. The molecule has 14 nitrogen and oxygen atoms in total. The van der Waals surface area contributed by atoms with E-state index >= 15 is 0 Å². The number of β-lactam (4-membered cyclic amide) rings is 1. The molecule has 16 heteroatoms. The van der Waals surface area contributed by atoms with Crippen molar-refractivity contribution in [2.45, 2.75) is 24.9 Å². The van der Waals surface area contributed by atoms with E-state index < -0.39 is 29.2 Å². The summed E-state index contributed by atoms with van der Waals surface area (Å²) < 4.78 is 5.74. The SMILES string of the molecule is CCON=C(C(=O)NC1C(=O)N2C(C(=O)[O-])=C(C[n+]3cccc(NCCO)c3)CS[C@@H]12)c1nsc(N)n1. The summed E-state index contributed by atoms with van der Waals surface area (Å²) >= 11 is 2.20. The summed E-state index contributed by atoms with van der Waals surface area (Å²) in [6.45, 7) is 2.41. The first-order valence-corrected chi connectivity index (χ1v) is 13.0. The predicted molar refractivity (Wildman–Crippen MR) is 132 cm³/mol. The number of nitrogens with two attached hydrogens (primary N) is 1. The number of rotatable bonds is 11. The highest BCUT2D eigenvalue weighted by atomic mass is 32.2. The number of aromatic nitrogens is 3. The second kappa shape index (κ2) is 11.5. The highest BCUT2D eigenvalue weighted by Gasteiger charge is 2.53. The van der Waals surface area contributed by atoms with Gasteiger partial charge in [0.2, 0.25) is 11.5 Å². The number of carbonyl (C=O) groups is 3. The Hall–Kier alpha value is -3.76. The maximum absolute atomic E-state index is 13.0. The molecular formula is C21H24N8O6S2. The predicted octanol–water partition coefficient (Wildman–Crippen LogP) is -2.34. The average Bonchev–Trinajstić information content (AvgIpc) is 3.31. The van der Waals surface area contributed by atoms with Crippen molar-refractivity contribution >= 4 is 57.6 Å². The normalized spacial score (nSPS) is 19.2. The Bertz CT molecular complexity index is 1270. The number of carbonyl (C=O) groups excluding carboxylic acids is 3. The molecule has 1 unspecified atom stereocenters. The van der Waals surface area contributed by atoms with Gasteiger partial charge in [0.25, 0.3) is 11.8 Å². The van der Waals surface area contributed by atoms with Gasteiger partial charge in [-0.05, 0) is 13.0 Å². The lowest BCUT2D eigenvalue weighted by Gasteiger charge is -2.50. The van der Waals surface area contributed by atoms with Crippen LogP contribution in [0.2, 0.25) is 0 Å². The van der Waals surface area contributed by atoms with Crippen molar-refractivity contribution in [2.75, 3.05) is 36.6 Å². The molecule has 2 amide bonds. The fourth-order valence-electron chi connectivity index (χ4n) is 3.79. The van der Waals surface area contributed by atoms with Crippen LogP contribution in [0.15, 0.2) is 41.0 Å². The van der Waals surface area contributed by atoms with Gasteiger partial charge in [-0.25, -0.2) is 0 Å². The van der Waals surface area contributed by atoms with Crippen LogP contribution in [0.1, 0.15) is 12.7 Å². The molecule has 2 aliphatic heterocycles. The molecule has 2 aromatic rings. The lowest BCUT2D eigenvalue weighted by Crippen LogP contribution is -2.71. The van der Waals surface area contributed by atoms with E-state index in [1.165, 1.54) is 11.8 Å². The number of anilines is 2. The molecular weight excluding hydrogens is 524 g/mol. The maximum atomic E-state index is 13.0. The quantitative estimate of drug-likeness (QED) is 0.101. The molecule has 0 aromatic carbocycles. The molecule has 0 radical (unpaired) electrons. The van der Waals surface area contributed by atoms with Crippen LogP contribution < -0.4 is 26.0 Å². The maximum Gasteiger partial charge on any atom is 0.278 e. The zero-order valence-electron chi connectivity index (χ0n) is 19.6. The molecule has 37 heavy (non-hydrogen) atoms. The van der Waals surface area contributed by atoms with Crippen LogP contribution in [0.25, 0.3) is 0 Å². The minimum absolute atomic E-state index is 0.0327. The number of oxime groups is 1. The topological polar surface area (TPSA) is 199 Å². The number of nitrogen functional groups attached to an aromatic ring is 1. The number of aliphatic hydroxyl groups is 1. The van der Waals surface area contributed by atoms with Crippen LogP contribution >= 0.6 is 23.3 Å². The van der Waals surface area contributed by atoms with Crippen LogP contribution in [0.5, 0.6) is 0 Å². The Balaban J connectivity index is 1.51. The van der Waals surface area contributed by atoms with Crippen LogP contribution in [0.4, 0.5) is 10.8 Å². The summed E-state index contributed by atoms with van der Waals surface area (Å²) in [7, 11) is 0. The lowest BCUT2D eigenvalue weighted by molar-refractivity contribution is -0.688. The van der Waals surface area contributed by atoms with Gasteiger partial charge in [0, 0.05) is 35.5 Å². The van der Waals surface area contributed by atoms with E-state index in [1.54, 1.807) is 30.0 Å². The Morgan fingerprint density at radius 2 is 2.27 bits per heavy atom. The Morgan fingerprint density at radius 3 is 2.95 bits per heavy atom. The number of nitrogens with zero attached hydrogens (tertiary/aromatic N) is 5. The summed E-state index contributed by atoms with van der Waals surface area (Å²) in [5, 5.41) is 29.9. The smallest absolute Gasteiger partial charge is 0.278 e. The van der Waals surface area contributed by atoms with Crippen LogP contribution in [0, 0.1) is 0 Å². The third-order valence-electron chi connectivity index (χ3n) is 5.35. The molecule has 4 rings (SSSR count). The van der Waals surface area contributed by atoms with E-state index in [1.807, 2.05) is 6.07 Å². The number of aliphatic hydroxyl groups excluding tert-OH is 1. The number of carboxylic acid groups (broad SMARTS) is 1. The van der Waals surface area contributed by atoms with E-state index in [-0.39, 0.29) is 42.1 Å². The largest absolute Gasteiger partial charge is 0.543 e. The van der Waals surface area contributed by atoms with Crippen molar-refractivity contribution in [1.29, 1.82) is 0 Å². The molecule has 1 saturated heterocycles. The van der Waals surface area contributed by atoms with E-state index in [4.69, 9.17) is 15.7 Å². The molecule has 0 saturated carbocycles. The minimum atomic E-state index is -1.48.